The van der Waals surface area contributed by atoms with Crippen molar-refractivity contribution in [1.82, 2.24) is 0 Å². The number of aryl methyl sites for hydroxylation is 1. The highest BCUT2D eigenvalue weighted by molar-refractivity contribution is 6.30. The number of rotatable bonds is 5. The molecule has 0 fully saturated rings. The number of benzene rings is 2. The molecule has 1 N–H and O–H groups in total. The summed E-state index contributed by atoms with van der Waals surface area (Å²) in [6.07, 6.45) is 0.865. The van der Waals surface area contributed by atoms with Crippen LogP contribution in [0.5, 0.6) is 0 Å². The molecule has 0 saturated carbocycles. The summed E-state index contributed by atoms with van der Waals surface area (Å²) in [6.45, 7) is 1.50. The van der Waals surface area contributed by atoms with Crippen LogP contribution in [0.1, 0.15) is 22.8 Å². The van der Waals surface area contributed by atoms with Crippen LogP contribution in [0.2, 0.25) is 5.02 Å². The maximum atomic E-state index is 13.5. The van der Waals surface area contributed by atoms with Gasteiger partial charge in [0.25, 0.3) is 5.91 Å². The SMILES string of the molecule is CCc1ccc(C(=O)OCC(=O)Nc2ccc(Cl)cc2F)cc1. The van der Waals surface area contributed by atoms with Gasteiger partial charge in [0.15, 0.2) is 6.61 Å². The van der Waals surface area contributed by atoms with Crippen LogP contribution in [0.25, 0.3) is 0 Å². The minimum absolute atomic E-state index is 0.0252. The second-order valence-electron chi connectivity index (χ2n) is 4.80. The molecular formula is C17H15ClFNO3. The minimum atomic E-state index is -0.660. The van der Waals surface area contributed by atoms with Crippen LogP contribution in [0.3, 0.4) is 0 Å². The van der Waals surface area contributed by atoms with Crippen molar-refractivity contribution in [3.05, 3.63) is 64.4 Å². The lowest BCUT2D eigenvalue weighted by atomic mass is 10.1. The molecule has 0 aliphatic rings. The number of halogens is 2. The van der Waals surface area contributed by atoms with Crippen LogP contribution in [-0.2, 0) is 16.0 Å². The smallest absolute Gasteiger partial charge is 0.338 e. The van der Waals surface area contributed by atoms with E-state index >= 15 is 0 Å². The third-order valence-electron chi connectivity index (χ3n) is 3.14. The molecule has 0 bridgehead atoms. The van der Waals surface area contributed by atoms with Gasteiger partial charge in [0.05, 0.1) is 11.3 Å². The van der Waals surface area contributed by atoms with Gasteiger partial charge in [-0.05, 0) is 42.3 Å². The Morgan fingerprint density at radius 2 is 1.87 bits per heavy atom. The molecule has 0 aromatic heterocycles. The van der Waals surface area contributed by atoms with Crippen molar-refractivity contribution < 1.29 is 18.7 Å². The van der Waals surface area contributed by atoms with Crippen molar-refractivity contribution in [3.8, 4) is 0 Å². The van der Waals surface area contributed by atoms with E-state index < -0.39 is 24.3 Å². The zero-order chi connectivity index (χ0) is 16.8. The number of carbonyl (C=O) groups excluding carboxylic acids is 2. The van der Waals surface area contributed by atoms with Crippen molar-refractivity contribution >= 4 is 29.2 Å². The zero-order valence-corrected chi connectivity index (χ0v) is 13.2. The first-order valence-corrected chi connectivity index (χ1v) is 7.38. The minimum Gasteiger partial charge on any atom is -0.452 e. The van der Waals surface area contributed by atoms with E-state index in [0.717, 1.165) is 18.1 Å². The van der Waals surface area contributed by atoms with E-state index in [1.54, 1.807) is 12.1 Å². The number of carbonyl (C=O) groups is 2. The molecule has 2 aromatic carbocycles. The Labute approximate surface area is 138 Å². The fourth-order valence-corrected chi connectivity index (χ4v) is 2.03. The predicted molar refractivity (Wildman–Crippen MR) is 86.1 cm³/mol. The summed E-state index contributed by atoms with van der Waals surface area (Å²) in [6, 6.07) is 10.8. The summed E-state index contributed by atoms with van der Waals surface area (Å²) in [7, 11) is 0. The first-order chi connectivity index (χ1) is 11.0. The zero-order valence-electron chi connectivity index (χ0n) is 12.4. The molecular weight excluding hydrogens is 321 g/mol. The van der Waals surface area contributed by atoms with E-state index in [0.29, 0.717) is 5.56 Å². The van der Waals surface area contributed by atoms with Crippen LogP contribution in [0.15, 0.2) is 42.5 Å². The lowest BCUT2D eigenvalue weighted by Crippen LogP contribution is -2.21. The maximum Gasteiger partial charge on any atom is 0.338 e. The van der Waals surface area contributed by atoms with Crippen LogP contribution in [0, 0.1) is 5.82 Å². The second-order valence-corrected chi connectivity index (χ2v) is 5.24. The highest BCUT2D eigenvalue weighted by Gasteiger charge is 2.12. The van der Waals surface area contributed by atoms with Crippen molar-refractivity contribution in [1.29, 1.82) is 0 Å². The van der Waals surface area contributed by atoms with Crippen LogP contribution >= 0.6 is 11.6 Å². The Bertz CT molecular complexity index is 716. The molecule has 23 heavy (non-hydrogen) atoms. The number of hydrogen-bond donors (Lipinski definition) is 1. The Morgan fingerprint density at radius 1 is 1.17 bits per heavy atom. The number of nitrogens with one attached hydrogen (secondary N) is 1. The van der Waals surface area contributed by atoms with E-state index in [4.69, 9.17) is 16.3 Å². The fraction of sp³-hybridized carbons (Fsp3) is 0.176. The second kappa shape index (κ2) is 7.74. The average Bonchev–Trinajstić information content (AvgIpc) is 2.55. The molecule has 0 aliphatic carbocycles. The molecule has 120 valence electrons. The van der Waals surface area contributed by atoms with Gasteiger partial charge in [0, 0.05) is 5.02 Å². The summed E-state index contributed by atoms with van der Waals surface area (Å²) < 4.78 is 18.4. The monoisotopic (exact) mass is 335 g/mol. The molecule has 2 aromatic rings. The summed E-state index contributed by atoms with van der Waals surface area (Å²) in [5, 5.41) is 2.54. The summed E-state index contributed by atoms with van der Waals surface area (Å²) in [4.78, 5) is 23.5. The van der Waals surface area contributed by atoms with Gasteiger partial charge < -0.3 is 10.1 Å². The molecule has 6 heteroatoms. The normalized spacial score (nSPS) is 10.2. The van der Waals surface area contributed by atoms with Crippen LogP contribution in [0.4, 0.5) is 10.1 Å². The van der Waals surface area contributed by atoms with Crippen molar-refractivity contribution in [3.63, 3.8) is 0 Å². The molecule has 0 heterocycles. The Balaban J connectivity index is 1.89. The summed E-state index contributed by atoms with van der Waals surface area (Å²) in [5.74, 6) is -1.91. The highest BCUT2D eigenvalue weighted by atomic mass is 35.5. The number of ether oxygens (including phenoxy) is 1. The molecule has 0 saturated heterocycles. The quantitative estimate of drug-likeness (QED) is 0.845. The van der Waals surface area contributed by atoms with Gasteiger partial charge in [0.1, 0.15) is 5.82 Å². The van der Waals surface area contributed by atoms with E-state index in [2.05, 4.69) is 5.32 Å². The molecule has 2 rings (SSSR count). The molecule has 0 spiro atoms. The fourth-order valence-electron chi connectivity index (χ4n) is 1.87. The Kier molecular flexibility index (Phi) is 5.71. The summed E-state index contributed by atoms with van der Waals surface area (Å²) in [5.41, 5.74) is 1.42. The predicted octanol–water partition coefficient (Wildman–Crippen LogP) is 3.84. The van der Waals surface area contributed by atoms with E-state index in [1.807, 2.05) is 19.1 Å². The molecule has 0 aliphatic heterocycles. The van der Waals surface area contributed by atoms with Gasteiger partial charge in [-0.15, -0.1) is 0 Å². The van der Waals surface area contributed by atoms with Crippen molar-refractivity contribution in [2.75, 3.05) is 11.9 Å². The third-order valence-corrected chi connectivity index (χ3v) is 3.37. The largest absolute Gasteiger partial charge is 0.452 e. The van der Waals surface area contributed by atoms with Crippen LogP contribution in [-0.4, -0.2) is 18.5 Å². The van der Waals surface area contributed by atoms with Gasteiger partial charge >= 0.3 is 5.97 Å². The lowest BCUT2D eigenvalue weighted by molar-refractivity contribution is -0.119. The van der Waals surface area contributed by atoms with E-state index in [-0.39, 0.29) is 10.7 Å². The van der Waals surface area contributed by atoms with E-state index in [9.17, 15) is 14.0 Å². The first-order valence-electron chi connectivity index (χ1n) is 7.00. The Morgan fingerprint density at radius 3 is 2.48 bits per heavy atom. The summed E-state index contributed by atoms with van der Waals surface area (Å²) >= 11 is 5.62. The van der Waals surface area contributed by atoms with Gasteiger partial charge in [0.2, 0.25) is 0 Å². The maximum absolute atomic E-state index is 13.5. The number of amides is 1. The molecule has 0 radical (unpaired) electrons. The van der Waals surface area contributed by atoms with Gasteiger partial charge in [-0.2, -0.15) is 0 Å². The van der Waals surface area contributed by atoms with Crippen LogP contribution < -0.4 is 5.32 Å². The van der Waals surface area contributed by atoms with Crippen molar-refractivity contribution in [2.24, 2.45) is 0 Å². The third kappa shape index (κ3) is 4.79. The van der Waals surface area contributed by atoms with Gasteiger partial charge in [-0.25, -0.2) is 9.18 Å². The molecule has 0 atom stereocenters. The van der Waals surface area contributed by atoms with Gasteiger partial charge in [-0.1, -0.05) is 30.7 Å². The molecule has 4 nitrogen and oxygen atoms in total. The molecule has 0 unspecified atom stereocenters. The lowest BCUT2D eigenvalue weighted by Gasteiger charge is -2.08. The Hall–Kier alpha value is -2.40. The topological polar surface area (TPSA) is 55.4 Å². The van der Waals surface area contributed by atoms with E-state index in [1.165, 1.54) is 12.1 Å². The van der Waals surface area contributed by atoms with Gasteiger partial charge in [-0.3, -0.25) is 4.79 Å². The first kappa shape index (κ1) is 17.0. The number of anilines is 1. The highest BCUT2D eigenvalue weighted by Crippen LogP contribution is 2.18. The number of esters is 1. The number of hydrogen-bond acceptors (Lipinski definition) is 3. The average molecular weight is 336 g/mol. The van der Waals surface area contributed by atoms with Crippen molar-refractivity contribution in [2.45, 2.75) is 13.3 Å². The standard InChI is InChI=1S/C17H15ClFNO3/c1-2-11-3-5-12(6-4-11)17(22)23-10-16(21)20-15-8-7-13(18)9-14(15)19/h3-9H,2,10H2,1H3,(H,20,21). The molecule has 1 amide bonds.